The second kappa shape index (κ2) is 4.35. The van der Waals surface area contributed by atoms with Crippen LogP contribution in [0, 0.1) is 0 Å². The van der Waals surface area contributed by atoms with Crippen molar-refractivity contribution in [2.75, 3.05) is 0 Å². The van der Waals surface area contributed by atoms with Gasteiger partial charge in [0.05, 0.1) is 11.1 Å². The molecule has 4 rings (SSSR count). The van der Waals surface area contributed by atoms with Crippen LogP contribution < -0.4 is 0 Å². The molecule has 20 heavy (non-hydrogen) atoms. The number of fused-ring (bicyclic) bond motifs is 1. The summed E-state index contributed by atoms with van der Waals surface area (Å²) in [5.41, 5.74) is 3.40. The normalized spacial score (nSPS) is 11.0. The molecule has 0 N–H and O–H groups in total. The van der Waals surface area contributed by atoms with Crippen LogP contribution in [0.25, 0.3) is 28.0 Å². The molecule has 0 bridgehead atoms. The van der Waals surface area contributed by atoms with Gasteiger partial charge < -0.3 is 4.52 Å². The summed E-state index contributed by atoms with van der Waals surface area (Å²) in [6.45, 7) is 0. The van der Waals surface area contributed by atoms with Gasteiger partial charge in [0.15, 0.2) is 0 Å². The molecule has 96 valence electrons. The SMILES string of the molecule is c1ccc(-c2noc3nn(-c4ccccc4)cc23)cc1. The molecule has 0 aliphatic carbocycles. The molecule has 0 saturated heterocycles. The molecular weight excluding hydrogens is 250 g/mol. The fourth-order valence-electron chi connectivity index (χ4n) is 2.24. The van der Waals surface area contributed by atoms with Gasteiger partial charge in [-0.15, -0.1) is 5.10 Å². The summed E-state index contributed by atoms with van der Waals surface area (Å²) in [5, 5.41) is 9.44. The number of para-hydroxylation sites is 1. The summed E-state index contributed by atoms with van der Waals surface area (Å²) in [4.78, 5) is 0. The average Bonchev–Trinajstić information content (AvgIpc) is 3.09. The first-order valence-electron chi connectivity index (χ1n) is 6.38. The predicted molar refractivity (Wildman–Crippen MR) is 76.6 cm³/mol. The molecule has 2 aromatic carbocycles. The monoisotopic (exact) mass is 261 g/mol. The first kappa shape index (κ1) is 11.0. The highest BCUT2D eigenvalue weighted by atomic mass is 16.5. The fourth-order valence-corrected chi connectivity index (χ4v) is 2.24. The Hall–Kier alpha value is -2.88. The van der Waals surface area contributed by atoms with Gasteiger partial charge >= 0.3 is 0 Å². The second-order valence-corrected chi connectivity index (χ2v) is 4.53. The summed E-state index contributed by atoms with van der Waals surface area (Å²) in [6, 6.07) is 19.9. The number of aromatic nitrogens is 3. The zero-order chi connectivity index (χ0) is 13.4. The standard InChI is InChI=1S/C16H11N3O/c1-3-7-12(8-4-1)15-14-11-19(17-16(14)20-18-15)13-9-5-2-6-10-13/h1-11H. The molecule has 0 aliphatic heterocycles. The summed E-state index contributed by atoms with van der Waals surface area (Å²) < 4.78 is 7.13. The van der Waals surface area contributed by atoms with E-state index in [-0.39, 0.29) is 0 Å². The first-order valence-corrected chi connectivity index (χ1v) is 6.38. The van der Waals surface area contributed by atoms with Gasteiger partial charge in [-0.25, -0.2) is 4.68 Å². The highest BCUT2D eigenvalue weighted by molar-refractivity contribution is 5.89. The van der Waals surface area contributed by atoms with Gasteiger partial charge in [0.25, 0.3) is 5.71 Å². The van der Waals surface area contributed by atoms with Gasteiger partial charge in [-0.2, -0.15) is 0 Å². The van der Waals surface area contributed by atoms with E-state index in [2.05, 4.69) is 10.3 Å². The molecule has 0 atom stereocenters. The Kier molecular flexibility index (Phi) is 2.39. The van der Waals surface area contributed by atoms with E-state index in [1.165, 1.54) is 0 Å². The number of nitrogens with zero attached hydrogens (tertiary/aromatic N) is 3. The molecule has 0 radical (unpaired) electrons. The van der Waals surface area contributed by atoms with E-state index >= 15 is 0 Å². The van der Waals surface area contributed by atoms with Crippen molar-refractivity contribution in [2.24, 2.45) is 0 Å². The topological polar surface area (TPSA) is 43.9 Å². The molecule has 0 fully saturated rings. The van der Waals surface area contributed by atoms with Crippen LogP contribution in [0.3, 0.4) is 0 Å². The van der Waals surface area contributed by atoms with E-state index in [1.54, 1.807) is 0 Å². The van der Waals surface area contributed by atoms with Gasteiger partial charge in [0, 0.05) is 11.8 Å². The number of hydrogen-bond acceptors (Lipinski definition) is 3. The lowest BCUT2D eigenvalue weighted by molar-refractivity contribution is 0.447. The van der Waals surface area contributed by atoms with Crippen molar-refractivity contribution < 1.29 is 4.52 Å². The first-order chi connectivity index (χ1) is 9.92. The van der Waals surface area contributed by atoms with E-state index < -0.39 is 0 Å². The van der Waals surface area contributed by atoms with Gasteiger partial charge in [-0.1, -0.05) is 53.7 Å². The zero-order valence-corrected chi connectivity index (χ0v) is 10.6. The molecule has 2 heterocycles. The Bertz CT molecular complexity index is 847. The Morgan fingerprint density at radius 1 is 0.850 bits per heavy atom. The van der Waals surface area contributed by atoms with Crippen LogP contribution in [0.2, 0.25) is 0 Å². The average molecular weight is 261 g/mol. The van der Waals surface area contributed by atoms with Crippen LogP contribution in [-0.4, -0.2) is 14.9 Å². The van der Waals surface area contributed by atoms with Gasteiger partial charge in [0.2, 0.25) is 0 Å². The van der Waals surface area contributed by atoms with Gasteiger partial charge in [-0.3, -0.25) is 0 Å². The van der Waals surface area contributed by atoms with Gasteiger partial charge in [0.1, 0.15) is 5.69 Å². The number of hydrogen-bond donors (Lipinski definition) is 0. The maximum atomic E-state index is 5.32. The highest BCUT2D eigenvalue weighted by Crippen LogP contribution is 2.27. The van der Waals surface area contributed by atoms with Crippen LogP contribution in [0.4, 0.5) is 0 Å². The van der Waals surface area contributed by atoms with E-state index in [0.29, 0.717) is 5.71 Å². The molecule has 0 spiro atoms. The van der Waals surface area contributed by atoms with Crippen molar-refractivity contribution in [3.05, 3.63) is 66.9 Å². The van der Waals surface area contributed by atoms with Crippen molar-refractivity contribution in [1.82, 2.24) is 14.9 Å². The molecule has 0 saturated carbocycles. The summed E-state index contributed by atoms with van der Waals surface area (Å²) >= 11 is 0. The fraction of sp³-hybridized carbons (Fsp3) is 0. The maximum Gasteiger partial charge on any atom is 0.276 e. The molecule has 0 amide bonds. The van der Waals surface area contributed by atoms with Crippen molar-refractivity contribution in [3.63, 3.8) is 0 Å². The lowest BCUT2D eigenvalue weighted by Gasteiger charge is -1.98. The van der Waals surface area contributed by atoms with Crippen molar-refractivity contribution in [3.8, 4) is 16.9 Å². The maximum absolute atomic E-state index is 5.32. The molecule has 0 unspecified atom stereocenters. The third-order valence-corrected chi connectivity index (χ3v) is 3.23. The van der Waals surface area contributed by atoms with E-state index in [1.807, 2.05) is 71.5 Å². The molecule has 2 aromatic heterocycles. The Morgan fingerprint density at radius 3 is 2.30 bits per heavy atom. The summed E-state index contributed by atoms with van der Waals surface area (Å²) in [5.74, 6) is 0. The molecule has 4 heteroatoms. The van der Waals surface area contributed by atoms with Crippen molar-refractivity contribution in [1.29, 1.82) is 0 Å². The minimum absolute atomic E-state index is 0.549. The zero-order valence-electron chi connectivity index (χ0n) is 10.6. The second-order valence-electron chi connectivity index (χ2n) is 4.53. The lowest BCUT2D eigenvalue weighted by atomic mass is 10.1. The number of benzene rings is 2. The smallest absolute Gasteiger partial charge is 0.276 e. The third kappa shape index (κ3) is 1.70. The van der Waals surface area contributed by atoms with Crippen LogP contribution >= 0.6 is 0 Å². The predicted octanol–water partition coefficient (Wildman–Crippen LogP) is 3.68. The van der Waals surface area contributed by atoms with Crippen LogP contribution in [-0.2, 0) is 0 Å². The van der Waals surface area contributed by atoms with Crippen molar-refractivity contribution >= 4 is 11.1 Å². The molecule has 4 aromatic rings. The van der Waals surface area contributed by atoms with E-state index in [4.69, 9.17) is 4.52 Å². The quantitative estimate of drug-likeness (QED) is 0.553. The van der Waals surface area contributed by atoms with Crippen LogP contribution in [0.1, 0.15) is 0 Å². The van der Waals surface area contributed by atoms with Gasteiger partial charge in [-0.05, 0) is 12.1 Å². The van der Waals surface area contributed by atoms with E-state index in [9.17, 15) is 0 Å². The lowest BCUT2D eigenvalue weighted by Crippen LogP contribution is -1.93. The number of rotatable bonds is 2. The molecule has 4 nitrogen and oxygen atoms in total. The Morgan fingerprint density at radius 2 is 1.55 bits per heavy atom. The van der Waals surface area contributed by atoms with Crippen LogP contribution in [0.5, 0.6) is 0 Å². The summed E-state index contributed by atoms with van der Waals surface area (Å²) in [7, 11) is 0. The van der Waals surface area contributed by atoms with Crippen LogP contribution in [0.15, 0.2) is 71.4 Å². The van der Waals surface area contributed by atoms with Crippen molar-refractivity contribution in [2.45, 2.75) is 0 Å². The Labute approximate surface area is 115 Å². The summed E-state index contributed by atoms with van der Waals surface area (Å²) in [6.07, 6.45) is 1.95. The minimum Gasteiger partial charge on any atom is -0.334 e. The Balaban J connectivity index is 1.88. The molecular formula is C16H11N3O. The highest BCUT2D eigenvalue weighted by Gasteiger charge is 2.14. The third-order valence-electron chi connectivity index (χ3n) is 3.23. The van der Waals surface area contributed by atoms with E-state index in [0.717, 1.165) is 22.3 Å². The largest absolute Gasteiger partial charge is 0.334 e. The minimum atomic E-state index is 0.549. The molecule has 0 aliphatic rings.